The van der Waals surface area contributed by atoms with Gasteiger partial charge in [-0.1, -0.05) is 0 Å². The zero-order valence-corrected chi connectivity index (χ0v) is 4.89. The Morgan fingerprint density at radius 2 is 2.11 bits per heavy atom. The maximum absolute atomic E-state index is 10.3. The standard InChI is InChI=1S/C4H8N2O3/c5-2-6-3(7)1-4(8)9/h1-2,5H2,(H,6,7)(H,8,9)/p+1. The van der Waals surface area contributed by atoms with Crippen molar-refractivity contribution in [3.8, 4) is 0 Å². The Labute approximate surface area is 51.8 Å². The van der Waals surface area contributed by atoms with Crippen LogP contribution >= 0.6 is 0 Å². The molecule has 0 aromatic rings. The van der Waals surface area contributed by atoms with Gasteiger partial charge in [-0.15, -0.1) is 0 Å². The third kappa shape index (κ3) is 4.76. The van der Waals surface area contributed by atoms with Crippen molar-refractivity contribution in [2.75, 3.05) is 6.67 Å². The molecule has 0 aliphatic rings. The van der Waals surface area contributed by atoms with Gasteiger partial charge in [-0.2, -0.15) is 0 Å². The van der Waals surface area contributed by atoms with Gasteiger partial charge in [0.25, 0.3) is 0 Å². The topological polar surface area (TPSA) is 94.0 Å². The van der Waals surface area contributed by atoms with Crippen molar-refractivity contribution in [2.24, 2.45) is 0 Å². The molecule has 0 atom stereocenters. The van der Waals surface area contributed by atoms with Gasteiger partial charge in [0.15, 0.2) is 0 Å². The van der Waals surface area contributed by atoms with E-state index in [1.807, 2.05) is 0 Å². The van der Waals surface area contributed by atoms with Crippen LogP contribution in [0.1, 0.15) is 6.42 Å². The fourth-order valence-electron chi connectivity index (χ4n) is 0.339. The van der Waals surface area contributed by atoms with Crippen molar-refractivity contribution in [2.45, 2.75) is 6.42 Å². The van der Waals surface area contributed by atoms with Crippen molar-refractivity contribution in [1.82, 2.24) is 5.32 Å². The van der Waals surface area contributed by atoms with E-state index in [1.54, 1.807) is 0 Å². The lowest BCUT2D eigenvalue weighted by molar-refractivity contribution is -0.372. The first-order valence-corrected chi connectivity index (χ1v) is 2.44. The molecule has 9 heavy (non-hydrogen) atoms. The zero-order valence-electron chi connectivity index (χ0n) is 4.89. The zero-order chi connectivity index (χ0) is 7.28. The van der Waals surface area contributed by atoms with E-state index in [1.165, 1.54) is 0 Å². The predicted molar refractivity (Wildman–Crippen MR) is 28.2 cm³/mol. The van der Waals surface area contributed by atoms with Crippen LogP contribution < -0.4 is 11.1 Å². The van der Waals surface area contributed by atoms with E-state index in [4.69, 9.17) is 5.11 Å². The molecule has 52 valence electrons. The van der Waals surface area contributed by atoms with E-state index in [9.17, 15) is 9.59 Å². The summed E-state index contributed by atoms with van der Waals surface area (Å²) in [5, 5.41) is 10.3. The van der Waals surface area contributed by atoms with Gasteiger partial charge >= 0.3 is 5.97 Å². The lowest BCUT2D eigenvalue weighted by atomic mass is 10.4. The molecular weight excluding hydrogens is 124 g/mol. The number of carbonyl (C=O) groups is 2. The SMILES string of the molecule is [NH3+]CNC(=O)CC(=O)O. The molecule has 5 heteroatoms. The summed E-state index contributed by atoms with van der Waals surface area (Å²) in [6.45, 7) is 0.228. The molecule has 0 bridgehead atoms. The maximum Gasteiger partial charge on any atom is 0.312 e. The van der Waals surface area contributed by atoms with Crippen molar-refractivity contribution >= 4 is 11.9 Å². The van der Waals surface area contributed by atoms with E-state index < -0.39 is 18.3 Å². The average molecular weight is 133 g/mol. The minimum Gasteiger partial charge on any atom is -0.481 e. The van der Waals surface area contributed by atoms with Gasteiger partial charge in [0, 0.05) is 0 Å². The molecule has 0 aromatic heterocycles. The number of aliphatic carboxylic acids is 1. The highest BCUT2D eigenvalue weighted by Gasteiger charge is 2.04. The van der Waals surface area contributed by atoms with Gasteiger partial charge in [0.1, 0.15) is 13.1 Å². The molecule has 5 N–H and O–H groups in total. The first kappa shape index (κ1) is 7.90. The van der Waals surface area contributed by atoms with Crippen LogP contribution in [0, 0.1) is 0 Å². The highest BCUT2D eigenvalue weighted by molar-refractivity contribution is 5.93. The van der Waals surface area contributed by atoms with Crippen molar-refractivity contribution in [3.05, 3.63) is 0 Å². The molecule has 0 saturated carbocycles. The number of carboxylic acid groups (broad SMARTS) is 1. The Kier molecular flexibility index (Phi) is 3.38. The summed E-state index contributed by atoms with van der Waals surface area (Å²) in [4.78, 5) is 20.1. The Bertz CT molecular complexity index is 123. The number of hydrogen-bond donors (Lipinski definition) is 3. The smallest absolute Gasteiger partial charge is 0.312 e. The number of amides is 1. The van der Waals surface area contributed by atoms with Crippen LogP contribution in [0.5, 0.6) is 0 Å². The normalized spacial score (nSPS) is 8.56. The third-order valence-corrected chi connectivity index (χ3v) is 0.634. The Balaban J connectivity index is 3.39. The first-order chi connectivity index (χ1) is 4.16. The van der Waals surface area contributed by atoms with E-state index in [2.05, 4.69) is 11.1 Å². The summed E-state index contributed by atoms with van der Waals surface area (Å²) < 4.78 is 0. The second-order valence-electron chi connectivity index (χ2n) is 1.42. The highest BCUT2D eigenvalue weighted by atomic mass is 16.4. The number of nitrogens with one attached hydrogen (secondary N) is 1. The summed E-state index contributed by atoms with van der Waals surface area (Å²) in [7, 11) is 0. The monoisotopic (exact) mass is 133 g/mol. The summed E-state index contributed by atoms with van der Waals surface area (Å²) in [5.74, 6) is -1.63. The predicted octanol–water partition coefficient (Wildman–Crippen LogP) is -2.22. The van der Waals surface area contributed by atoms with Crippen LogP contribution in [0.25, 0.3) is 0 Å². The average Bonchev–Trinajstić information content (AvgIpc) is 1.63. The van der Waals surface area contributed by atoms with Gasteiger partial charge in [-0.05, 0) is 0 Å². The number of hydrogen-bond acceptors (Lipinski definition) is 2. The van der Waals surface area contributed by atoms with Gasteiger partial charge in [-0.25, -0.2) is 0 Å². The number of carboxylic acids is 1. The summed E-state index contributed by atoms with van der Waals surface area (Å²) in [6, 6.07) is 0. The Morgan fingerprint density at radius 3 is 2.44 bits per heavy atom. The molecule has 0 saturated heterocycles. The van der Waals surface area contributed by atoms with Crippen LogP contribution in [0.15, 0.2) is 0 Å². The Hall–Kier alpha value is -1.10. The van der Waals surface area contributed by atoms with Gasteiger partial charge in [-0.3, -0.25) is 9.59 Å². The number of quaternary nitrogens is 1. The minimum atomic E-state index is -1.12. The molecule has 0 unspecified atom stereocenters. The highest BCUT2D eigenvalue weighted by Crippen LogP contribution is 1.75. The molecule has 0 fully saturated rings. The largest absolute Gasteiger partial charge is 0.481 e. The number of carbonyl (C=O) groups excluding carboxylic acids is 1. The summed E-state index contributed by atoms with van der Waals surface area (Å²) >= 11 is 0. The van der Waals surface area contributed by atoms with Crippen LogP contribution in [0.4, 0.5) is 0 Å². The molecular formula is C4H9N2O3+. The molecule has 0 heterocycles. The minimum absolute atomic E-state index is 0.228. The molecule has 0 rings (SSSR count). The Morgan fingerprint density at radius 1 is 1.56 bits per heavy atom. The van der Waals surface area contributed by atoms with Crippen LogP contribution in [0.2, 0.25) is 0 Å². The first-order valence-electron chi connectivity index (χ1n) is 2.44. The fourth-order valence-corrected chi connectivity index (χ4v) is 0.339. The van der Waals surface area contributed by atoms with Gasteiger partial charge in [0.2, 0.25) is 5.91 Å². The van der Waals surface area contributed by atoms with E-state index in [-0.39, 0.29) is 6.67 Å². The lowest BCUT2D eigenvalue weighted by Crippen LogP contribution is -2.58. The fraction of sp³-hybridized carbons (Fsp3) is 0.500. The van der Waals surface area contributed by atoms with Crippen molar-refractivity contribution in [3.63, 3.8) is 0 Å². The molecule has 0 radical (unpaired) electrons. The summed E-state index contributed by atoms with van der Waals surface area (Å²) in [6.07, 6.45) is -0.477. The molecule has 0 aliphatic carbocycles. The second-order valence-corrected chi connectivity index (χ2v) is 1.42. The third-order valence-electron chi connectivity index (χ3n) is 0.634. The van der Waals surface area contributed by atoms with Crippen LogP contribution in [-0.2, 0) is 9.59 Å². The summed E-state index contributed by atoms with van der Waals surface area (Å²) in [5.41, 5.74) is 3.31. The van der Waals surface area contributed by atoms with Crippen molar-refractivity contribution < 1.29 is 20.4 Å². The van der Waals surface area contributed by atoms with Gasteiger partial charge in [0.05, 0.1) is 0 Å². The molecule has 0 aromatic carbocycles. The van der Waals surface area contributed by atoms with Crippen LogP contribution in [-0.4, -0.2) is 23.7 Å². The van der Waals surface area contributed by atoms with E-state index in [0.29, 0.717) is 0 Å². The van der Waals surface area contributed by atoms with E-state index in [0.717, 1.165) is 0 Å². The van der Waals surface area contributed by atoms with Crippen molar-refractivity contribution in [1.29, 1.82) is 0 Å². The second kappa shape index (κ2) is 3.85. The lowest BCUT2D eigenvalue weighted by Gasteiger charge is -1.93. The van der Waals surface area contributed by atoms with Crippen LogP contribution in [0.3, 0.4) is 0 Å². The molecule has 1 amide bonds. The van der Waals surface area contributed by atoms with Gasteiger partial charge < -0.3 is 16.2 Å². The molecule has 0 spiro atoms. The number of rotatable bonds is 3. The molecule has 0 aliphatic heterocycles. The quantitative estimate of drug-likeness (QED) is 0.300. The maximum atomic E-state index is 10.3. The molecule has 5 nitrogen and oxygen atoms in total. The van der Waals surface area contributed by atoms with E-state index >= 15 is 0 Å².